The van der Waals surface area contributed by atoms with Crippen molar-refractivity contribution in [3.63, 3.8) is 0 Å². The molecule has 0 saturated carbocycles. The van der Waals surface area contributed by atoms with Gasteiger partial charge in [0.25, 0.3) is 0 Å². The normalized spacial score (nSPS) is 19.1. The number of H-pyrrole nitrogens is 1. The Bertz CT molecular complexity index is 1110. The van der Waals surface area contributed by atoms with E-state index in [0.717, 1.165) is 12.0 Å². The minimum absolute atomic E-state index is 0.269. The molecule has 2 amide bonds. The summed E-state index contributed by atoms with van der Waals surface area (Å²) in [5, 5.41) is 10.9. The largest absolute Gasteiger partial charge is 0.383 e. The molecule has 156 valence electrons. The lowest BCUT2D eigenvalue weighted by atomic mass is 9.90. The van der Waals surface area contributed by atoms with Gasteiger partial charge in [0.15, 0.2) is 0 Å². The molecule has 1 aromatic carbocycles. The van der Waals surface area contributed by atoms with Gasteiger partial charge < -0.3 is 16.0 Å². The number of amides is 2. The van der Waals surface area contributed by atoms with Crippen LogP contribution in [0.1, 0.15) is 31.4 Å². The number of aromatic nitrogens is 3. The van der Waals surface area contributed by atoms with Gasteiger partial charge >= 0.3 is 11.8 Å². The number of fused-ring (bicyclic) bond motifs is 1. The molecule has 0 aliphatic carbocycles. The van der Waals surface area contributed by atoms with Gasteiger partial charge in [0.2, 0.25) is 0 Å². The Morgan fingerprint density at radius 1 is 1.20 bits per heavy atom. The highest BCUT2D eigenvalue weighted by atomic mass is 35.5. The summed E-state index contributed by atoms with van der Waals surface area (Å²) >= 11 is 12.3. The van der Waals surface area contributed by atoms with Gasteiger partial charge in [-0.3, -0.25) is 14.7 Å². The maximum Gasteiger partial charge on any atom is 0.314 e. The highest BCUT2D eigenvalue weighted by Crippen LogP contribution is 2.36. The van der Waals surface area contributed by atoms with Gasteiger partial charge in [-0.2, -0.15) is 5.10 Å². The number of benzene rings is 1. The Labute approximate surface area is 182 Å². The van der Waals surface area contributed by atoms with Gasteiger partial charge in [0, 0.05) is 16.6 Å². The zero-order chi connectivity index (χ0) is 21.4. The molecule has 10 heteroatoms. The van der Waals surface area contributed by atoms with Crippen LogP contribution < -0.4 is 11.1 Å². The molecule has 4 N–H and O–H groups in total. The summed E-state index contributed by atoms with van der Waals surface area (Å²) in [5.41, 5.74) is 7.47. The van der Waals surface area contributed by atoms with Crippen molar-refractivity contribution in [2.75, 3.05) is 17.6 Å². The number of hydrogen-bond donors (Lipinski definition) is 3. The van der Waals surface area contributed by atoms with E-state index in [1.165, 1.54) is 12.4 Å². The number of nitrogens with zero attached hydrogens (tertiary/aromatic N) is 3. The molecule has 1 saturated heterocycles. The molecule has 30 heavy (non-hydrogen) atoms. The highest BCUT2D eigenvalue weighted by molar-refractivity contribution is 6.40. The van der Waals surface area contributed by atoms with E-state index in [1.54, 1.807) is 23.1 Å². The van der Waals surface area contributed by atoms with E-state index in [0.29, 0.717) is 39.6 Å². The number of nitrogens with two attached hydrogens (primary N) is 1. The average molecular weight is 447 g/mol. The van der Waals surface area contributed by atoms with E-state index in [1.807, 2.05) is 0 Å². The quantitative estimate of drug-likeness (QED) is 0.517. The van der Waals surface area contributed by atoms with Crippen LogP contribution in [0.4, 0.5) is 11.5 Å². The van der Waals surface area contributed by atoms with E-state index < -0.39 is 11.8 Å². The molecular formula is C20H20Cl2N6O2. The van der Waals surface area contributed by atoms with Crippen LogP contribution in [0.2, 0.25) is 10.0 Å². The molecule has 2 atom stereocenters. The molecule has 4 rings (SSSR count). The van der Waals surface area contributed by atoms with Crippen LogP contribution in [0.5, 0.6) is 0 Å². The summed E-state index contributed by atoms with van der Waals surface area (Å²) in [7, 11) is 0. The summed E-state index contributed by atoms with van der Waals surface area (Å²) in [6, 6.07) is 4.92. The van der Waals surface area contributed by atoms with Crippen LogP contribution in [0.25, 0.3) is 10.9 Å². The number of carbonyl (C=O) groups is 2. The number of rotatable bonds is 2. The number of likely N-dealkylation sites (tertiary alicyclic amines) is 1. The van der Waals surface area contributed by atoms with Gasteiger partial charge in [-0.25, -0.2) is 4.98 Å². The van der Waals surface area contributed by atoms with Crippen molar-refractivity contribution in [1.82, 2.24) is 20.1 Å². The van der Waals surface area contributed by atoms with Crippen molar-refractivity contribution in [2.24, 2.45) is 5.92 Å². The van der Waals surface area contributed by atoms with Crippen molar-refractivity contribution in [3.8, 4) is 0 Å². The molecule has 8 nitrogen and oxygen atoms in total. The molecule has 1 aliphatic heterocycles. The Morgan fingerprint density at radius 3 is 2.67 bits per heavy atom. The Morgan fingerprint density at radius 2 is 1.93 bits per heavy atom. The maximum absolute atomic E-state index is 13.1. The van der Waals surface area contributed by atoms with Crippen LogP contribution >= 0.6 is 23.2 Å². The van der Waals surface area contributed by atoms with Gasteiger partial charge in [0.1, 0.15) is 5.82 Å². The number of pyridine rings is 1. The number of halogens is 2. The third-order valence-corrected chi connectivity index (χ3v) is 5.74. The zero-order valence-corrected chi connectivity index (χ0v) is 17.7. The first-order chi connectivity index (χ1) is 14.3. The minimum Gasteiger partial charge on any atom is -0.383 e. The topological polar surface area (TPSA) is 117 Å². The zero-order valence-electron chi connectivity index (χ0n) is 16.2. The predicted molar refractivity (Wildman–Crippen MR) is 116 cm³/mol. The van der Waals surface area contributed by atoms with Gasteiger partial charge in [0.05, 0.1) is 35.0 Å². The number of carbonyl (C=O) groups excluding carboxylic acids is 2. The molecule has 2 aromatic heterocycles. The number of nitrogens with one attached hydrogen (secondary N) is 2. The van der Waals surface area contributed by atoms with Gasteiger partial charge in [-0.15, -0.1) is 0 Å². The second-order valence-electron chi connectivity index (χ2n) is 7.53. The fraction of sp³-hybridized carbons (Fsp3) is 0.300. The standard InChI is InChI=1S/C20H20Cl2N6O2/c1-10-2-3-16(11-4-12(21)6-13(22)5-11)28(9-10)20(30)19(29)26-15-8-24-18(23)14-7-25-27-17(14)15/h4-8,10,16H,2-3,9H2,1H3,(H2,23,24)(H,25,27)(H,26,29)/t10-,16+/m1/s1. The van der Waals surface area contributed by atoms with Crippen LogP contribution in [-0.2, 0) is 9.59 Å². The van der Waals surface area contributed by atoms with Gasteiger partial charge in [-0.1, -0.05) is 30.1 Å². The summed E-state index contributed by atoms with van der Waals surface area (Å²) in [4.78, 5) is 31.6. The minimum atomic E-state index is -0.760. The van der Waals surface area contributed by atoms with Crippen molar-refractivity contribution in [1.29, 1.82) is 0 Å². The molecule has 1 fully saturated rings. The van der Waals surface area contributed by atoms with Gasteiger partial charge in [-0.05, 0) is 42.5 Å². The number of anilines is 2. The SMILES string of the molecule is C[C@@H]1CC[C@@H](c2cc(Cl)cc(Cl)c2)N(C(=O)C(=O)Nc2cnc(N)c3cn[nH]c23)C1. The predicted octanol–water partition coefficient (Wildman–Crippen LogP) is 3.79. The second-order valence-corrected chi connectivity index (χ2v) is 8.40. The molecule has 3 heterocycles. The molecule has 0 bridgehead atoms. The molecule has 3 aromatic rings. The van der Waals surface area contributed by atoms with Crippen molar-refractivity contribution >= 4 is 57.4 Å². The monoisotopic (exact) mass is 446 g/mol. The Kier molecular flexibility index (Phi) is 5.53. The summed E-state index contributed by atoms with van der Waals surface area (Å²) < 4.78 is 0. The first-order valence-corrected chi connectivity index (χ1v) is 10.2. The molecule has 0 radical (unpaired) electrons. The van der Waals surface area contributed by atoms with Crippen molar-refractivity contribution in [3.05, 3.63) is 46.2 Å². The van der Waals surface area contributed by atoms with Crippen molar-refractivity contribution in [2.45, 2.75) is 25.8 Å². The third-order valence-electron chi connectivity index (χ3n) is 5.31. The summed E-state index contributed by atoms with van der Waals surface area (Å²) in [6.07, 6.45) is 4.55. The number of nitrogen functional groups attached to an aromatic ring is 1. The second kappa shape index (κ2) is 8.12. The summed E-state index contributed by atoms with van der Waals surface area (Å²) in [6.45, 7) is 2.51. The van der Waals surface area contributed by atoms with E-state index >= 15 is 0 Å². The molecule has 0 spiro atoms. The lowest BCUT2D eigenvalue weighted by Gasteiger charge is -2.38. The third kappa shape index (κ3) is 3.93. The van der Waals surface area contributed by atoms with Crippen LogP contribution in [0.3, 0.4) is 0 Å². The molecule has 0 unspecified atom stereocenters. The number of hydrogen-bond acceptors (Lipinski definition) is 5. The Hall–Kier alpha value is -2.84. The first kappa shape index (κ1) is 20.4. The van der Waals surface area contributed by atoms with E-state index in [-0.39, 0.29) is 17.8 Å². The number of aromatic amines is 1. The summed E-state index contributed by atoms with van der Waals surface area (Å²) in [5.74, 6) is -0.840. The maximum atomic E-state index is 13.1. The first-order valence-electron chi connectivity index (χ1n) is 9.49. The fourth-order valence-corrected chi connectivity index (χ4v) is 4.39. The van der Waals surface area contributed by atoms with E-state index in [9.17, 15) is 9.59 Å². The fourth-order valence-electron chi connectivity index (χ4n) is 3.85. The van der Waals surface area contributed by atoms with Crippen LogP contribution in [0, 0.1) is 5.92 Å². The molecular weight excluding hydrogens is 427 g/mol. The van der Waals surface area contributed by atoms with E-state index in [2.05, 4.69) is 27.4 Å². The van der Waals surface area contributed by atoms with E-state index in [4.69, 9.17) is 28.9 Å². The highest BCUT2D eigenvalue weighted by Gasteiger charge is 2.34. The lowest BCUT2D eigenvalue weighted by molar-refractivity contribution is -0.146. The number of piperidine rings is 1. The van der Waals surface area contributed by atoms with Crippen LogP contribution in [0.15, 0.2) is 30.6 Å². The molecule has 1 aliphatic rings. The Balaban J connectivity index is 1.60. The average Bonchev–Trinajstić information content (AvgIpc) is 3.19. The lowest BCUT2D eigenvalue weighted by Crippen LogP contribution is -2.46. The van der Waals surface area contributed by atoms with Crippen LogP contribution in [-0.4, -0.2) is 38.4 Å². The smallest absolute Gasteiger partial charge is 0.314 e. The van der Waals surface area contributed by atoms with Crippen molar-refractivity contribution < 1.29 is 9.59 Å².